The number of nitrogen functional groups attached to an aromatic ring is 1. The van der Waals surface area contributed by atoms with Crippen LogP contribution < -0.4 is 11.1 Å². The van der Waals surface area contributed by atoms with Gasteiger partial charge in [-0.15, -0.1) is 11.8 Å². The van der Waals surface area contributed by atoms with Crippen LogP contribution in [0.3, 0.4) is 0 Å². The molecule has 3 nitrogen and oxygen atoms in total. The van der Waals surface area contributed by atoms with Crippen molar-refractivity contribution in [3.63, 3.8) is 0 Å². The molecule has 0 radical (unpaired) electrons. The molecule has 4 heteroatoms. The maximum Gasteiger partial charge on any atom is 0.237 e. The van der Waals surface area contributed by atoms with Gasteiger partial charge in [0.15, 0.2) is 0 Å². The Labute approximate surface area is 113 Å². The Bertz CT molecular complexity index is 428. The van der Waals surface area contributed by atoms with Crippen LogP contribution in [0.25, 0.3) is 0 Å². The van der Waals surface area contributed by atoms with Gasteiger partial charge in [-0.3, -0.25) is 4.79 Å². The van der Waals surface area contributed by atoms with Crippen LogP contribution in [0.15, 0.2) is 18.2 Å². The number of aryl methyl sites for hydroxylation is 1. The SMILES string of the molecule is CCc1ccc(NC(=O)C2CCCCS2)cc1N. The smallest absolute Gasteiger partial charge is 0.237 e. The van der Waals surface area contributed by atoms with E-state index in [0.29, 0.717) is 0 Å². The van der Waals surface area contributed by atoms with E-state index in [2.05, 4.69) is 12.2 Å². The highest BCUT2D eigenvalue weighted by molar-refractivity contribution is 8.00. The summed E-state index contributed by atoms with van der Waals surface area (Å²) >= 11 is 1.76. The average Bonchev–Trinajstić information content (AvgIpc) is 2.40. The molecule has 1 aromatic carbocycles. The summed E-state index contributed by atoms with van der Waals surface area (Å²) in [6.07, 6.45) is 4.28. The van der Waals surface area contributed by atoms with Gasteiger partial charge in [-0.05, 0) is 42.7 Å². The fourth-order valence-corrected chi connectivity index (χ4v) is 3.36. The second-order valence-corrected chi connectivity index (χ2v) is 5.92. The number of rotatable bonds is 3. The summed E-state index contributed by atoms with van der Waals surface area (Å²) in [6.45, 7) is 2.07. The van der Waals surface area contributed by atoms with Crippen LogP contribution in [0.4, 0.5) is 11.4 Å². The molecular formula is C14H20N2OS. The van der Waals surface area contributed by atoms with E-state index < -0.39 is 0 Å². The van der Waals surface area contributed by atoms with Gasteiger partial charge in [-0.2, -0.15) is 0 Å². The third-order valence-corrected chi connectivity index (χ3v) is 4.64. The zero-order valence-electron chi connectivity index (χ0n) is 10.7. The van der Waals surface area contributed by atoms with Gasteiger partial charge in [-0.1, -0.05) is 19.4 Å². The molecule has 2 rings (SSSR count). The number of hydrogen-bond donors (Lipinski definition) is 2. The second kappa shape index (κ2) is 6.14. The number of amides is 1. The Morgan fingerprint density at radius 2 is 2.33 bits per heavy atom. The summed E-state index contributed by atoms with van der Waals surface area (Å²) < 4.78 is 0. The molecule has 1 atom stereocenters. The largest absolute Gasteiger partial charge is 0.398 e. The molecule has 0 saturated carbocycles. The van der Waals surface area contributed by atoms with Gasteiger partial charge in [0.05, 0.1) is 5.25 Å². The first-order valence-electron chi connectivity index (χ1n) is 6.51. The van der Waals surface area contributed by atoms with Crippen LogP contribution in [-0.4, -0.2) is 16.9 Å². The molecule has 1 aromatic rings. The summed E-state index contributed by atoms with van der Waals surface area (Å²) in [5.74, 6) is 1.21. The van der Waals surface area contributed by atoms with E-state index in [1.54, 1.807) is 11.8 Å². The quantitative estimate of drug-likeness (QED) is 0.825. The highest BCUT2D eigenvalue weighted by atomic mass is 32.2. The van der Waals surface area contributed by atoms with E-state index in [0.717, 1.165) is 42.0 Å². The number of nitrogens with one attached hydrogen (secondary N) is 1. The van der Waals surface area contributed by atoms with Crippen molar-refractivity contribution in [2.75, 3.05) is 16.8 Å². The molecule has 1 amide bonds. The minimum absolute atomic E-state index is 0.103. The van der Waals surface area contributed by atoms with Gasteiger partial charge >= 0.3 is 0 Å². The van der Waals surface area contributed by atoms with Crippen LogP contribution in [0.5, 0.6) is 0 Å². The molecule has 0 aromatic heterocycles. The van der Waals surface area contributed by atoms with Crippen LogP contribution in [0, 0.1) is 0 Å². The summed E-state index contributed by atoms with van der Waals surface area (Å²) in [7, 11) is 0. The topological polar surface area (TPSA) is 55.1 Å². The first kappa shape index (κ1) is 13.3. The summed E-state index contributed by atoms with van der Waals surface area (Å²) in [5.41, 5.74) is 8.62. The molecule has 1 aliphatic rings. The van der Waals surface area contributed by atoms with E-state index in [1.807, 2.05) is 18.2 Å². The predicted molar refractivity (Wildman–Crippen MR) is 79.0 cm³/mol. The highest BCUT2D eigenvalue weighted by Crippen LogP contribution is 2.26. The molecule has 1 fully saturated rings. The number of nitrogens with two attached hydrogens (primary N) is 1. The molecule has 1 aliphatic heterocycles. The minimum atomic E-state index is 0.103. The van der Waals surface area contributed by atoms with Crippen LogP contribution in [-0.2, 0) is 11.2 Å². The van der Waals surface area contributed by atoms with Gasteiger partial charge in [0.2, 0.25) is 5.91 Å². The highest BCUT2D eigenvalue weighted by Gasteiger charge is 2.21. The van der Waals surface area contributed by atoms with Crippen molar-refractivity contribution < 1.29 is 4.79 Å². The zero-order chi connectivity index (χ0) is 13.0. The second-order valence-electron chi connectivity index (χ2n) is 4.61. The van der Waals surface area contributed by atoms with Crippen LogP contribution in [0.1, 0.15) is 31.7 Å². The number of benzene rings is 1. The molecule has 0 bridgehead atoms. The fraction of sp³-hybridized carbons (Fsp3) is 0.500. The molecular weight excluding hydrogens is 244 g/mol. The summed E-state index contributed by atoms with van der Waals surface area (Å²) in [4.78, 5) is 12.1. The van der Waals surface area contributed by atoms with Gasteiger partial charge < -0.3 is 11.1 Å². The molecule has 98 valence electrons. The molecule has 3 N–H and O–H groups in total. The van der Waals surface area contributed by atoms with E-state index in [1.165, 1.54) is 6.42 Å². The molecule has 0 spiro atoms. The maximum absolute atomic E-state index is 12.1. The lowest BCUT2D eigenvalue weighted by molar-refractivity contribution is -0.115. The minimum Gasteiger partial charge on any atom is -0.398 e. The number of hydrogen-bond acceptors (Lipinski definition) is 3. The summed E-state index contributed by atoms with van der Waals surface area (Å²) in [6, 6.07) is 5.77. The third-order valence-electron chi connectivity index (χ3n) is 3.27. The summed E-state index contributed by atoms with van der Waals surface area (Å²) in [5, 5.41) is 3.07. The molecule has 18 heavy (non-hydrogen) atoms. The normalized spacial score (nSPS) is 19.5. The number of anilines is 2. The Morgan fingerprint density at radius 3 is 2.94 bits per heavy atom. The molecule has 1 heterocycles. The third kappa shape index (κ3) is 3.19. The first-order chi connectivity index (χ1) is 8.70. The van der Waals surface area contributed by atoms with Gasteiger partial charge in [0, 0.05) is 11.4 Å². The molecule has 1 unspecified atom stereocenters. The van der Waals surface area contributed by atoms with Gasteiger partial charge in [0.25, 0.3) is 0 Å². The Hall–Kier alpha value is -1.16. The van der Waals surface area contributed by atoms with E-state index in [9.17, 15) is 4.79 Å². The Morgan fingerprint density at radius 1 is 1.50 bits per heavy atom. The Kier molecular flexibility index (Phi) is 4.53. The Balaban J connectivity index is 2.00. The molecule has 1 saturated heterocycles. The van der Waals surface area contributed by atoms with Crippen molar-refractivity contribution in [1.29, 1.82) is 0 Å². The fourth-order valence-electron chi connectivity index (χ4n) is 2.16. The van der Waals surface area contributed by atoms with E-state index in [-0.39, 0.29) is 11.2 Å². The lowest BCUT2D eigenvalue weighted by Gasteiger charge is -2.20. The number of carbonyl (C=O) groups is 1. The number of carbonyl (C=O) groups excluding carboxylic acids is 1. The van der Waals surface area contributed by atoms with Crippen LogP contribution in [0.2, 0.25) is 0 Å². The van der Waals surface area contributed by atoms with Crippen molar-refractivity contribution in [3.05, 3.63) is 23.8 Å². The van der Waals surface area contributed by atoms with Gasteiger partial charge in [-0.25, -0.2) is 0 Å². The average molecular weight is 264 g/mol. The van der Waals surface area contributed by atoms with Crippen molar-refractivity contribution in [2.45, 2.75) is 37.9 Å². The first-order valence-corrected chi connectivity index (χ1v) is 7.56. The lowest BCUT2D eigenvalue weighted by Crippen LogP contribution is -2.27. The predicted octanol–water partition coefficient (Wildman–Crippen LogP) is 3.06. The standard InChI is InChI=1S/C14H20N2OS/c1-2-10-6-7-11(9-12(10)15)16-14(17)13-5-3-4-8-18-13/h6-7,9,13H,2-5,8,15H2,1H3,(H,16,17). The van der Waals surface area contributed by atoms with E-state index >= 15 is 0 Å². The van der Waals surface area contributed by atoms with Crippen molar-refractivity contribution in [1.82, 2.24) is 0 Å². The van der Waals surface area contributed by atoms with Crippen molar-refractivity contribution in [2.24, 2.45) is 0 Å². The van der Waals surface area contributed by atoms with Gasteiger partial charge in [0.1, 0.15) is 0 Å². The lowest BCUT2D eigenvalue weighted by atomic mass is 10.1. The number of thioether (sulfide) groups is 1. The van der Waals surface area contributed by atoms with Crippen molar-refractivity contribution in [3.8, 4) is 0 Å². The van der Waals surface area contributed by atoms with Crippen LogP contribution >= 0.6 is 11.8 Å². The molecule has 0 aliphatic carbocycles. The monoisotopic (exact) mass is 264 g/mol. The van der Waals surface area contributed by atoms with Crippen molar-refractivity contribution >= 4 is 29.0 Å². The zero-order valence-corrected chi connectivity index (χ0v) is 11.6. The maximum atomic E-state index is 12.1. The van der Waals surface area contributed by atoms with E-state index in [4.69, 9.17) is 5.73 Å².